The summed E-state index contributed by atoms with van der Waals surface area (Å²) >= 11 is 0. The fraction of sp³-hybridized carbons (Fsp3) is 0.462. The highest BCUT2D eigenvalue weighted by atomic mass is 16.5. The molecule has 1 saturated heterocycles. The Bertz CT molecular complexity index is 602. The molecule has 1 atom stereocenters. The molecule has 0 aromatic carbocycles. The zero-order valence-corrected chi connectivity index (χ0v) is 10.8. The van der Waals surface area contributed by atoms with E-state index in [-0.39, 0.29) is 5.91 Å². The molecule has 6 nitrogen and oxygen atoms in total. The second-order valence-corrected chi connectivity index (χ2v) is 4.85. The summed E-state index contributed by atoms with van der Waals surface area (Å²) in [4.78, 5) is 16.1. The molecular formula is C13H16N4O2. The molecule has 0 bridgehead atoms. The van der Waals surface area contributed by atoms with Gasteiger partial charge in [-0.15, -0.1) is 0 Å². The number of hydrogen-bond acceptors (Lipinski definition) is 5. The molecule has 3 heterocycles. The van der Waals surface area contributed by atoms with Crippen molar-refractivity contribution in [3.8, 4) is 0 Å². The van der Waals surface area contributed by atoms with Crippen molar-refractivity contribution in [2.45, 2.75) is 25.8 Å². The Morgan fingerprint density at radius 3 is 3.32 bits per heavy atom. The van der Waals surface area contributed by atoms with Gasteiger partial charge in [-0.05, 0) is 32.4 Å². The molecule has 2 aromatic heterocycles. The summed E-state index contributed by atoms with van der Waals surface area (Å²) in [6, 6.07) is 2.16. The lowest BCUT2D eigenvalue weighted by Crippen LogP contribution is -2.37. The Morgan fingerprint density at radius 2 is 2.53 bits per heavy atom. The van der Waals surface area contributed by atoms with E-state index in [0.717, 1.165) is 24.0 Å². The van der Waals surface area contributed by atoms with Gasteiger partial charge in [0.25, 0.3) is 11.6 Å². The molecule has 0 spiro atoms. The van der Waals surface area contributed by atoms with Crippen molar-refractivity contribution in [1.82, 2.24) is 20.8 Å². The van der Waals surface area contributed by atoms with Gasteiger partial charge in [0.15, 0.2) is 0 Å². The smallest absolute Gasteiger partial charge is 0.257 e. The van der Waals surface area contributed by atoms with Crippen LogP contribution in [0.1, 0.15) is 28.9 Å². The van der Waals surface area contributed by atoms with Crippen LogP contribution in [0.5, 0.6) is 0 Å². The first kappa shape index (κ1) is 12.1. The number of carbonyl (C=O) groups excluding carboxylic acids is 1. The minimum atomic E-state index is -0.108. The van der Waals surface area contributed by atoms with E-state index in [4.69, 9.17) is 4.52 Å². The molecule has 19 heavy (non-hydrogen) atoms. The minimum absolute atomic E-state index is 0.108. The van der Waals surface area contributed by atoms with Gasteiger partial charge >= 0.3 is 0 Å². The second kappa shape index (κ2) is 4.97. The van der Waals surface area contributed by atoms with Crippen molar-refractivity contribution in [3.63, 3.8) is 0 Å². The van der Waals surface area contributed by atoms with Gasteiger partial charge in [-0.1, -0.05) is 5.16 Å². The fourth-order valence-corrected chi connectivity index (χ4v) is 2.32. The Hall–Kier alpha value is -1.95. The summed E-state index contributed by atoms with van der Waals surface area (Å²) in [5.74, 6) is -0.108. The number of nitrogens with zero attached hydrogens (tertiary/aromatic N) is 2. The van der Waals surface area contributed by atoms with Crippen molar-refractivity contribution in [1.29, 1.82) is 0 Å². The van der Waals surface area contributed by atoms with Gasteiger partial charge in [0.05, 0.1) is 16.6 Å². The zero-order valence-electron chi connectivity index (χ0n) is 10.8. The van der Waals surface area contributed by atoms with Gasteiger partial charge in [0, 0.05) is 18.8 Å². The molecule has 1 aliphatic heterocycles. The highest BCUT2D eigenvalue weighted by Gasteiger charge is 2.16. The quantitative estimate of drug-likeness (QED) is 0.861. The average Bonchev–Trinajstić information content (AvgIpc) is 3.06. The summed E-state index contributed by atoms with van der Waals surface area (Å²) in [5.41, 5.74) is 1.75. The number of nitrogens with one attached hydrogen (secondary N) is 2. The van der Waals surface area contributed by atoms with Crippen LogP contribution in [0, 0.1) is 6.92 Å². The molecule has 1 aliphatic rings. The van der Waals surface area contributed by atoms with Crippen LogP contribution in [-0.2, 0) is 0 Å². The summed E-state index contributed by atoms with van der Waals surface area (Å²) in [5, 5.41) is 10.9. The van der Waals surface area contributed by atoms with E-state index >= 15 is 0 Å². The molecule has 2 N–H and O–H groups in total. The first-order chi connectivity index (χ1) is 9.24. The predicted octanol–water partition coefficient (Wildman–Crippen LogP) is 1.01. The maximum absolute atomic E-state index is 12.0. The maximum Gasteiger partial charge on any atom is 0.257 e. The fourth-order valence-electron chi connectivity index (χ4n) is 2.32. The molecule has 6 heteroatoms. The van der Waals surface area contributed by atoms with E-state index in [0.29, 0.717) is 23.9 Å². The van der Waals surface area contributed by atoms with E-state index in [1.807, 2.05) is 6.92 Å². The maximum atomic E-state index is 12.0. The Kier molecular flexibility index (Phi) is 3.16. The Morgan fingerprint density at radius 1 is 1.63 bits per heavy atom. The average molecular weight is 260 g/mol. The van der Waals surface area contributed by atoms with Gasteiger partial charge in [-0.25, -0.2) is 4.98 Å². The highest BCUT2D eigenvalue weighted by molar-refractivity contribution is 5.96. The largest absolute Gasteiger partial charge is 0.350 e. The van der Waals surface area contributed by atoms with Gasteiger partial charge in [0.2, 0.25) is 0 Å². The standard InChI is InChI=1S/C13H16N4O2/c1-8-11-5-9(6-16-13(11)19-17-8)12(18)15-7-10-3-2-4-14-10/h5-6,10,14H,2-4,7H2,1H3,(H,15,18). The van der Waals surface area contributed by atoms with Crippen LogP contribution in [0.15, 0.2) is 16.8 Å². The van der Waals surface area contributed by atoms with Gasteiger partial charge in [-0.2, -0.15) is 0 Å². The normalized spacial score (nSPS) is 18.9. The number of carbonyl (C=O) groups is 1. The van der Waals surface area contributed by atoms with E-state index in [1.165, 1.54) is 12.6 Å². The monoisotopic (exact) mass is 260 g/mol. The minimum Gasteiger partial charge on any atom is -0.350 e. The number of fused-ring (bicyclic) bond motifs is 1. The van der Waals surface area contributed by atoms with Gasteiger partial charge in [0.1, 0.15) is 0 Å². The molecule has 0 radical (unpaired) electrons. The van der Waals surface area contributed by atoms with E-state index in [1.54, 1.807) is 6.07 Å². The van der Waals surface area contributed by atoms with Crippen LogP contribution in [0.4, 0.5) is 0 Å². The van der Waals surface area contributed by atoms with Crippen molar-refractivity contribution < 1.29 is 9.32 Å². The third-order valence-corrected chi connectivity index (χ3v) is 3.44. The van der Waals surface area contributed by atoms with E-state index in [2.05, 4.69) is 20.8 Å². The van der Waals surface area contributed by atoms with Crippen LogP contribution in [0.25, 0.3) is 11.1 Å². The molecule has 100 valence electrons. The number of aromatic nitrogens is 2. The number of aryl methyl sites for hydroxylation is 1. The topological polar surface area (TPSA) is 80.0 Å². The van der Waals surface area contributed by atoms with Crippen LogP contribution in [0.2, 0.25) is 0 Å². The van der Waals surface area contributed by atoms with E-state index in [9.17, 15) is 4.79 Å². The van der Waals surface area contributed by atoms with Crippen molar-refractivity contribution >= 4 is 17.0 Å². The summed E-state index contributed by atoms with van der Waals surface area (Å²) < 4.78 is 5.02. The van der Waals surface area contributed by atoms with Crippen LogP contribution in [-0.4, -0.2) is 35.2 Å². The first-order valence-electron chi connectivity index (χ1n) is 6.47. The van der Waals surface area contributed by atoms with Crippen LogP contribution >= 0.6 is 0 Å². The lowest BCUT2D eigenvalue weighted by molar-refractivity contribution is 0.0950. The molecule has 1 amide bonds. The van der Waals surface area contributed by atoms with Crippen molar-refractivity contribution in [2.75, 3.05) is 13.1 Å². The lowest BCUT2D eigenvalue weighted by Gasteiger charge is -2.11. The third kappa shape index (κ3) is 2.44. The zero-order chi connectivity index (χ0) is 13.2. The number of rotatable bonds is 3. The van der Waals surface area contributed by atoms with Gasteiger partial charge < -0.3 is 15.2 Å². The van der Waals surface area contributed by atoms with Crippen LogP contribution < -0.4 is 10.6 Å². The number of hydrogen-bond donors (Lipinski definition) is 2. The van der Waals surface area contributed by atoms with Crippen molar-refractivity contribution in [2.24, 2.45) is 0 Å². The molecule has 0 aliphatic carbocycles. The summed E-state index contributed by atoms with van der Waals surface area (Å²) in [6.45, 7) is 3.52. The molecule has 1 unspecified atom stereocenters. The number of amides is 1. The number of pyridine rings is 1. The Balaban J connectivity index is 1.71. The molecule has 3 rings (SSSR count). The third-order valence-electron chi connectivity index (χ3n) is 3.44. The highest BCUT2D eigenvalue weighted by Crippen LogP contribution is 2.16. The molecule has 0 saturated carbocycles. The summed E-state index contributed by atoms with van der Waals surface area (Å²) in [6.07, 6.45) is 3.81. The lowest BCUT2D eigenvalue weighted by atomic mass is 10.2. The van der Waals surface area contributed by atoms with Crippen LogP contribution in [0.3, 0.4) is 0 Å². The van der Waals surface area contributed by atoms with Gasteiger partial charge in [-0.3, -0.25) is 4.79 Å². The first-order valence-corrected chi connectivity index (χ1v) is 6.47. The SMILES string of the molecule is Cc1noc2ncc(C(=O)NCC3CCCN3)cc12. The molecule has 1 fully saturated rings. The molecular weight excluding hydrogens is 244 g/mol. The second-order valence-electron chi connectivity index (χ2n) is 4.85. The predicted molar refractivity (Wildman–Crippen MR) is 69.9 cm³/mol. The molecule has 2 aromatic rings. The Labute approximate surface area is 110 Å². The summed E-state index contributed by atoms with van der Waals surface area (Å²) in [7, 11) is 0. The van der Waals surface area contributed by atoms with Crippen molar-refractivity contribution in [3.05, 3.63) is 23.5 Å². The van der Waals surface area contributed by atoms with E-state index < -0.39 is 0 Å².